The summed E-state index contributed by atoms with van der Waals surface area (Å²) < 4.78 is 38.0. The molecule has 0 spiro atoms. The van der Waals surface area contributed by atoms with Crippen molar-refractivity contribution in [1.29, 1.82) is 0 Å². The number of halogens is 1. The number of fused-ring (bicyclic) bond motifs is 1. The van der Waals surface area contributed by atoms with Gasteiger partial charge in [0.25, 0.3) is 5.91 Å². The number of nitrogens with zero attached hydrogens (tertiary/aromatic N) is 1. The van der Waals surface area contributed by atoms with Crippen LogP contribution in [-0.2, 0) is 19.6 Å². The van der Waals surface area contributed by atoms with E-state index in [9.17, 15) is 27.2 Å². The fourth-order valence-corrected chi connectivity index (χ4v) is 7.83. The lowest BCUT2D eigenvalue weighted by Gasteiger charge is -2.36. The van der Waals surface area contributed by atoms with E-state index in [2.05, 4.69) is 10.3 Å². The molecule has 0 bridgehead atoms. The fourth-order valence-electron chi connectivity index (χ4n) is 7.38. The van der Waals surface area contributed by atoms with Gasteiger partial charge in [-0.1, -0.05) is 32.1 Å². The van der Waals surface area contributed by atoms with Gasteiger partial charge < -0.3 is 20.9 Å². The Kier molecular flexibility index (Phi) is 9.22. The van der Waals surface area contributed by atoms with Crippen LogP contribution in [0, 0.1) is 23.7 Å². The van der Waals surface area contributed by atoms with Crippen molar-refractivity contribution in [2.75, 3.05) is 24.8 Å². The minimum absolute atomic E-state index is 0.0170. The molecule has 10 nitrogen and oxygen atoms in total. The number of nitrogens with one attached hydrogen (secondary N) is 3. The number of alkyl halides is 1. The molecule has 2 aromatic rings. The van der Waals surface area contributed by atoms with Crippen LogP contribution >= 0.6 is 0 Å². The third-order valence-corrected chi connectivity index (χ3v) is 10.1. The van der Waals surface area contributed by atoms with Crippen LogP contribution in [0.4, 0.5) is 10.1 Å². The first-order valence-corrected chi connectivity index (χ1v) is 17.0. The van der Waals surface area contributed by atoms with Crippen molar-refractivity contribution in [3.8, 4) is 0 Å². The average molecular weight is 604 g/mol. The molecule has 1 saturated heterocycles. The van der Waals surface area contributed by atoms with Gasteiger partial charge in [-0.2, -0.15) is 0 Å². The number of likely N-dealkylation sites (tertiary alicyclic amines) is 1. The van der Waals surface area contributed by atoms with Gasteiger partial charge in [0.1, 0.15) is 18.4 Å². The van der Waals surface area contributed by atoms with Gasteiger partial charge in [0, 0.05) is 35.1 Å². The smallest absolute Gasteiger partial charge is 0.281 e. The third kappa shape index (κ3) is 6.80. The summed E-state index contributed by atoms with van der Waals surface area (Å²) in [6, 6.07) is 5.66. The molecule has 0 radical (unpaired) electrons. The number of anilines is 1. The number of sulfonamides is 1. The Morgan fingerprint density at radius 3 is 2.43 bits per heavy atom. The molecule has 1 unspecified atom stereocenters. The summed E-state index contributed by atoms with van der Waals surface area (Å²) in [5, 5.41) is 3.67. The summed E-state index contributed by atoms with van der Waals surface area (Å²) in [5.41, 5.74) is 7.17. The highest BCUT2D eigenvalue weighted by molar-refractivity contribution is 7.89. The number of nitrogens with two attached hydrogens (primary N) is 1. The normalized spacial score (nSPS) is 26.2. The molecule has 5 N–H and O–H groups in total. The van der Waals surface area contributed by atoms with Crippen LogP contribution in [0.25, 0.3) is 10.9 Å². The SMILES string of the molecule is CS(=O)(=O)NC(=O)c1cc2cc(NC(=O)[C@@H]3C(C4CCCCC4)CCN3C(=O)C3CCC([C@H](N)CF)CC3)ccc2[nH]1. The molecule has 230 valence electrons. The quantitative estimate of drug-likeness (QED) is 0.361. The van der Waals surface area contributed by atoms with E-state index >= 15 is 0 Å². The maximum Gasteiger partial charge on any atom is 0.281 e. The predicted octanol–water partition coefficient (Wildman–Crippen LogP) is 3.70. The Labute approximate surface area is 246 Å². The zero-order chi connectivity index (χ0) is 30.0. The maximum atomic E-state index is 14.0. The molecule has 2 aliphatic carbocycles. The van der Waals surface area contributed by atoms with Crippen molar-refractivity contribution < 1.29 is 27.2 Å². The molecule has 3 fully saturated rings. The fraction of sp³-hybridized carbons (Fsp3) is 0.633. The first-order valence-electron chi connectivity index (χ1n) is 15.1. The number of aromatic nitrogens is 1. The standard InChI is InChI=1S/C30H42FN5O5S/c1-42(40,41)35-28(37)26-16-21-15-22(11-12-25(21)34-26)33-29(38)27-23(18-5-3-2-4-6-18)13-14-36(27)30(39)20-9-7-19(8-10-20)24(32)17-31/h11-12,15-16,18-20,23-24,27,34H,2-10,13-14,17,32H2,1H3,(H,33,38)(H,35,37)/t19?,20?,23?,24-,27+/m1/s1. The number of benzene rings is 1. The Morgan fingerprint density at radius 2 is 1.76 bits per heavy atom. The zero-order valence-corrected chi connectivity index (χ0v) is 24.9. The highest BCUT2D eigenvalue weighted by atomic mass is 32.2. The molecule has 1 aliphatic heterocycles. The van der Waals surface area contributed by atoms with E-state index in [4.69, 9.17) is 5.73 Å². The molecule has 3 aliphatic rings. The number of carbonyl (C=O) groups excluding carboxylic acids is 3. The van der Waals surface area contributed by atoms with Crippen LogP contribution in [0.5, 0.6) is 0 Å². The molecule has 3 amide bonds. The number of rotatable bonds is 8. The van der Waals surface area contributed by atoms with Gasteiger partial charge in [0.15, 0.2) is 0 Å². The zero-order valence-electron chi connectivity index (χ0n) is 24.1. The van der Waals surface area contributed by atoms with Crippen LogP contribution in [0.3, 0.4) is 0 Å². The number of aromatic amines is 1. The van der Waals surface area contributed by atoms with Crippen molar-refractivity contribution >= 4 is 44.3 Å². The van der Waals surface area contributed by atoms with Gasteiger partial charge in [0.05, 0.1) is 6.26 Å². The van der Waals surface area contributed by atoms with E-state index in [-0.39, 0.29) is 35.3 Å². The number of amides is 3. The molecular formula is C30H42FN5O5S. The van der Waals surface area contributed by atoms with Crippen LogP contribution in [0.1, 0.15) is 74.7 Å². The summed E-state index contributed by atoms with van der Waals surface area (Å²) in [5.74, 6) is -0.566. The van der Waals surface area contributed by atoms with Gasteiger partial charge in [-0.05, 0) is 74.1 Å². The lowest BCUT2D eigenvalue weighted by Crippen LogP contribution is -2.50. The molecule has 2 saturated carbocycles. The second-order valence-corrected chi connectivity index (χ2v) is 14.2. The van der Waals surface area contributed by atoms with E-state index in [0.29, 0.717) is 41.9 Å². The summed E-state index contributed by atoms with van der Waals surface area (Å²) in [4.78, 5) is 44.8. The van der Waals surface area contributed by atoms with Crippen molar-refractivity contribution in [3.63, 3.8) is 0 Å². The van der Waals surface area contributed by atoms with Crippen molar-refractivity contribution in [2.45, 2.75) is 76.3 Å². The van der Waals surface area contributed by atoms with E-state index in [0.717, 1.165) is 51.2 Å². The van der Waals surface area contributed by atoms with Gasteiger partial charge in [0.2, 0.25) is 21.8 Å². The van der Waals surface area contributed by atoms with Gasteiger partial charge in [-0.15, -0.1) is 0 Å². The van der Waals surface area contributed by atoms with Crippen LogP contribution in [0.15, 0.2) is 24.3 Å². The second kappa shape index (κ2) is 12.7. The number of H-pyrrole nitrogens is 1. The molecule has 2 heterocycles. The number of carbonyl (C=O) groups is 3. The van der Waals surface area contributed by atoms with Crippen molar-refractivity contribution in [3.05, 3.63) is 30.0 Å². The minimum Gasteiger partial charge on any atom is -0.350 e. The van der Waals surface area contributed by atoms with Crippen LogP contribution in [-0.4, -0.2) is 67.6 Å². The van der Waals surface area contributed by atoms with E-state index in [1.807, 2.05) is 4.72 Å². The Balaban J connectivity index is 1.33. The van der Waals surface area contributed by atoms with Crippen molar-refractivity contribution in [1.82, 2.24) is 14.6 Å². The first-order chi connectivity index (χ1) is 20.0. The topological polar surface area (TPSA) is 154 Å². The molecule has 1 aromatic heterocycles. The molecular weight excluding hydrogens is 561 g/mol. The van der Waals surface area contributed by atoms with Crippen molar-refractivity contribution in [2.24, 2.45) is 29.4 Å². The summed E-state index contributed by atoms with van der Waals surface area (Å²) in [7, 11) is -3.72. The average Bonchev–Trinajstić information content (AvgIpc) is 3.61. The first kappa shape index (κ1) is 30.5. The van der Waals surface area contributed by atoms with E-state index in [1.165, 1.54) is 12.5 Å². The van der Waals surface area contributed by atoms with E-state index in [1.54, 1.807) is 23.1 Å². The predicted molar refractivity (Wildman–Crippen MR) is 159 cm³/mol. The Hall–Kier alpha value is -2.99. The van der Waals surface area contributed by atoms with E-state index < -0.39 is 34.7 Å². The lowest BCUT2D eigenvalue weighted by molar-refractivity contribution is -0.142. The third-order valence-electron chi connectivity index (χ3n) is 9.57. The number of hydrogen-bond acceptors (Lipinski definition) is 6. The summed E-state index contributed by atoms with van der Waals surface area (Å²) in [6.07, 6.45) is 10.1. The highest BCUT2D eigenvalue weighted by Gasteiger charge is 2.47. The lowest BCUT2D eigenvalue weighted by atomic mass is 9.76. The van der Waals surface area contributed by atoms with Gasteiger partial charge >= 0.3 is 0 Å². The van der Waals surface area contributed by atoms with Crippen LogP contribution in [0.2, 0.25) is 0 Å². The Bertz CT molecular complexity index is 1410. The second-order valence-electron chi connectivity index (χ2n) is 12.4. The largest absolute Gasteiger partial charge is 0.350 e. The molecule has 5 rings (SSSR count). The highest BCUT2D eigenvalue weighted by Crippen LogP contribution is 2.41. The van der Waals surface area contributed by atoms with Crippen LogP contribution < -0.4 is 15.8 Å². The summed E-state index contributed by atoms with van der Waals surface area (Å²) >= 11 is 0. The summed E-state index contributed by atoms with van der Waals surface area (Å²) in [6.45, 7) is 0.00207. The molecule has 42 heavy (non-hydrogen) atoms. The van der Waals surface area contributed by atoms with Gasteiger partial charge in [-0.25, -0.2) is 17.5 Å². The monoisotopic (exact) mass is 603 g/mol. The number of hydrogen-bond donors (Lipinski definition) is 4. The molecule has 1 aromatic carbocycles. The molecule has 12 heteroatoms. The maximum absolute atomic E-state index is 14.0. The molecule has 3 atom stereocenters. The minimum atomic E-state index is -3.72. The van der Waals surface area contributed by atoms with Gasteiger partial charge in [-0.3, -0.25) is 14.4 Å². The Morgan fingerprint density at radius 1 is 1.05 bits per heavy atom.